The number of aliphatic imine (C=N–C) groups is 1. The standard InChI is InChI=1S/C11H19NO2/c1-10(2)5-8(13)6-11(10,3)9(14)7-12-4/h7-8,13H,5-6H2,1-4H3. The van der Waals surface area contributed by atoms with Crippen molar-refractivity contribution in [3.63, 3.8) is 0 Å². The minimum Gasteiger partial charge on any atom is -0.393 e. The quantitative estimate of drug-likeness (QED) is 0.681. The maximum Gasteiger partial charge on any atom is 0.179 e. The van der Waals surface area contributed by atoms with Gasteiger partial charge in [0, 0.05) is 12.5 Å². The molecule has 2 atom stereocenters. The lowest BCUT2D eigenvalue weighted by Gasteiger charge is -2.35. The van der Waals surface area contributed by atoms with Gasteiger partial charge in [0.2, 0.25) is 0 Å². The maximum absolute atomic E-state index is 11.9. The molecule has 3 heteroatoms. The highest BCUT2D eigenvalue weighted by Gasteiger charge is 2.53. The molecule has 1 N–H and O–H groups in total. The van der Waals surface area contributed by atoms with Crippen LogP contribution in [0.2, 0.25) is 0 Å². The molecule has 2 unspecified atom stereocenters. The van der Waals surface area contributed by atoms with E-state index in [1.54, 1.807) is 7.05 Å². The van der Waals surface area contributed by atoms with E-state index in [-0.39, 0.29) is 17.3 Å². The lowest BCUT2D eigenvalue weighted by atomic mass is 9.67. The first-order valence-electron chi connectivity index (χ1n) is 4.98. The maximum atomic E-state index is 11.9. The summed E-state index contributed by atoms with van der Waals surface area (Å²) < 4.78 is 0. The molecule has 0 aromatic carbocycles. The summed E-state index contributed by atoms with van der Waals surface area (Å²) in [6.07, 6.45) is 2.25. The molecule has 0 bridgehead atoms. The van der Waals surface area contributed by atoms with Gasteiger partial charge < -0.3 is 5.11 Å². The number of nitrogens with zero attached hydrogens (tertiary/aromatic N) is 1. The smallest absolute Gasteiger partial charge is 0.179 e. The van der Waals surface area contributed by atoms with Gasteiger partial charge in [0.15, 0.2) is 5.78 Å². The third kappa shape index (κ3) is 1.61. The van der Waals surface area contributed by atoms with Gasteiger partial charge in [0.05, 0.1) is 12.3 Å². The minimum atomic E-state index is -0.466. The zero-order valence-electron chi connectivity index (χ0n) is 9.37. The van der Waals surface area contributed by atoms with Crippen LogP contribution < -0.4 is 0 Å². The van der Waals surface area contributed by atoms with Crippen molar-refractivity contribution in [3.05, 3.63) is 0 Å². The molecule has 14 heavy (non-hydrogen) atoms. The first-order valence-corrected chi connectivity index (χ1v) is 4.98. The van der Waals surface area contributed by atoms with E-state index in [0.29, 0.717) is 12.8 Å². The molecule has 3 nitrogen and oxygen atoms in total. The molecule has 1 rings (SSSR count). The minimum absolute atomic E-state index is 0.0292. The van der Waals surface area contributed by atoms with Gasteiger partial charge >= 0.3 is 0 Å². The Balaban J connectivity index is 2.98. The Morgan fingerprint density at radius 3 is 2.36 bits per heavy atom. The topological polar surface area (TPSA) is 49.7 Å². The summed E-state index contributed by atoms with van der Waals surface area (Å²) >= 11 is 0. The van der Waals surface area contributed by atoms with Crippen LogP contribution in [0.3, 0.4) is 0 Å². The summed E-state index contributed by atoms with van der Waals surface area (Å²) in [5, 5.41) is 9.62. The normalized spacial score (nSPS) is 36.5. The Morgan fingerprint density at radius 1 is 1.43 bits per heavy atom. The van der Waals surface area contributed by atoms with Gasteiger partial charge in [-0.3, -0.25) is 9.79 Å². The average Bonchev–Trinajstić information content (AvgIpc) is 2.22. The molecule has 0 spiro atoms. The van der Waals surface area contributed by atoms with E-state index in [0.717, 1.165) is 0 Å². The Labute approximate surface area is 85.2 Å². The number of aliphatic hydroxyl groups is 1. The molecule has 0 saturated heterocycles. The van der Waals surface area contributed by atoms with Crippen molar-refractivity contribution in [1.29, 1.82) is 0 Å². The summed E-state index contributed by atoms with van der Waals surface area (Å²) in [6.45, 7) is 5.99. The molecule has 0 aromatic rings. The van der Waals surface area contributed by atoms with Crippen LogP contribution in [0.15, 0.2) is 4.99 Å². The number of Topliss-reactive ketones (excluding diaryl/α,β-unsaturated/α-hetero) is 1. The molecule has 80 valence electrons. The molecule has 0 aromatic heterocycles. The van der Waals surface area contributed by atoms with Gasteiger partial charge in [0.25, 0.3) is 0 Å². The van der Waals surface area contributed by atoms with E-state index in [9.17, 15) is 9.90 Å². The second-order valence-electron chi connectivity index (χ2n) is 5.03. The fourth-order valence-corrected chi connectivity index (χ4v) is 2.33. The average molecular weight is 197 g/mol. The number of ketones is 1. The van der Waals surface area contributed by atoms with E-state index >= 15 is 0 Å². The molecule has 0 heterocycles. The van der Waals surface area contributed by atoms with Gasteiger partial charge in [-0.1, -0.05) is 20.8 Å². The summed E-state index contributed by atoms with van der Waals surface area (Å²) in [7, 11) is 1.60. The van der Waals surface area contributed by atoms with Crippen LogP contribution >= 0.6 is 0 Å². The first-order chi connectivity index (χ1) is 6.33. The van der Waals surface area contributed by atoms with Crippen molar-refractivity contribution in [2.45, 2.75) is 39.7 Å². The predicted octanol–water partition coefficient (Wildman–Crippen LogP) is 1.44. The van der Waals surface area contributed by atoms with Crippen molar-refractivity contribution in [2.24, 2.45) is 15.8 Å². The van der Waals surface area contributed by atoms with E-state index in [4.69, 9.17) is 0 Å². The molecule has 0 amide bonds. The third-order valence-electron chi connectivity index (χ3n) is 3.67. The van der Waals surface area contributed by atoms with Crippen LogP contribution in [0.4, 0.5) is 0 Å². The van der Waals surface area contributed by atoms with Gasteiger partial charge in [0.1, 0.15) is 0 Å². The second-order valence-corrected chi connectivity index (χ2v) is 5.03. The number of aliphatic hydroxyl groups excluding tert-OH is 1. The zero-order valence-corrected chi connectivity index (χ0v) is 9.37. The fourth-order valence-electron chi connectivity index (χ4n) is 2.33. The van der Waals surface area contributed by atoms with Gasteiger partial charge in [-0.25, -0.2) is 0 Å². The number of hydrogen-bond donors (Lipinski definition) is 1. The summed E-state index contributed by atoms with van der Waals surface area (Å²) in [4.78, 5) is 15.6. The Hall–Kier alpha value is -0.700. The van der Waals surface area contributed by atoms with E-state index in [1.165, 1.54) is 6.21 Å². The van der Waals surface area contributed by atoms with Gasteiger partial charge in [-0.15, -0.1) is 0 Å². The van der Waals surface area contributed by atoms with Crippen LogP contribution in [0.1, 0.15) is 33.6 Å². The van der Waals surface area contributed by atoms with Crippen molar-refractivity contribution >= 4 is 12.0 Å². The molecule has 1 fully saturated rings. The molecular weight excluding hydrogens is 178 g/mol. The summed E-state index contributed by atoms with van der Waals surface area (Å²) in [5.74, 6) is 0.0292. The Bertz CT molecular complexity index is 270. The van der Waals surface area contributed by atoms with Crippen LogP contribution in [-0.2, 0) is 4.79 Å². The van der Waals surface area contributed by atoms with Gasteiger partial charge in [-0.05, 0) is 18.3 Å². The van der Waals surface area contributed by atoms with Gasteiger partial charge in [-0.2, -0.15) is 0 Å². The Morgan fingerprint density at radius 2 is 2.00 bits per heavy atom. The fraction of sp³-hybridized carbons (Fsp3) is 0.818. The number of hydrogen-bond acceptors (Lipinski definition) is 3. The van der Waals surface area contributed by atoms with Crippen molar-refractivity contribution in [1.82, 2.24) is 0 Å². The van der Waals surface area contributed by atoms with Crippen molar-refractivity contribution in [2.75, 3.05) is 7.05 Å². The monoisotopic (exact) mass is 197 g/mol. The number of rotatable bonds is 2. The van der Waals surface area contributed by atoms with Crippen LogP contribution in [0.5, 0.6) is 0 Å². The largest absolute Gasteiger partial charge is 0.393 e. The summed E-state index contributed by atoms with van der Waals surface area (Å²) in [5.41, 5.74) is -0.614. The number of carbonyl (C=O) groups excluding carboxylic acids is 1. The molecule has 0 aliphatic heterocycles. The highest BCUT2D eigenvalue weighted by molar-refractivity contribution is 6.30. The van der Waals surface area contributed by atoms with Crippen LogP contribution in [0.25, 0.3) is 0 Å². The van der Waals surface area contributed by atoms with E-state index in [1.807, 2.05) is 20.8 Å². The molecule has 0 radical (unpaired) electrons. The lowest BCUT2D eigenvalue weighted by molar-refractivity contribution is -0.125. The van der Waals surface area contributed by atoms with Crippen LogP contribution in [-0.4, -0.2) is 30.3 Å². The van der Waals surface area contributed by atoms with Crippen molar-refractivity contribution < 1.29 is 9.90 Å². The SMILES string of the molecule is CN=CC(=O)C1(C)CC(O)CC1(C)C. The zero-order chi connectivity index (χ0) is 11.0. The van der Waals surface area contributed by atoms with Crippen molar-refractivity contribution in [3.8, 4) is 0 Å². The third-order valence-corrected chi connectivity index (χ3v) is 3.67. The molecule has 1 aliphatic rings. The van der Waals surface area contributed by atoms with E-state index in [2.05, 4.69) is 4.99 Å². The predicted molar refractivity (Wildman–Crippen MR) is 56.6 cm³/mol. The van der Waals surface area contributed by atoms with Crippen LogP contribution in [0, 0.1) is 10.8 Å². The highest BCUT2D eigenvalue weighted by atomic mass is 16.3. The highest BCUT2D eigenvalue weighted by Crippen LogP contribution is 2.52. The lowest BCUT2D eigenvalue weighted by Crippen LogP contribution is -2.38. The first kappa shape index (κ1) is 11.4. The van der Waals surface area contributed by atoms with E-state index < -0.39 is 5.41 Å². The molecule has 1 saturated carbocycles. The Kier molecular flexibility index (Phi) is 2.81. The number of carbonyl (C=O) groups is 1. The second kappa shape index (κ2) is 3.46. The summed E-state index contributed by atoms with van der Waals surface area (Å²) in [6, 6.07) is 0. The molecular formula is C11H19NO2. The molecule has 1 aliphatic carbocycles.